The lowest BCUT2D eigenvalue weighted by molar-refractivity contribution is -0.384. The van der Waals surface area contributed by atoms with E-state index < -0.39 is 4.92 Å². The summed E-state index contributed by atoms with van der Waals surface area (Å²) in [5, 5.41) is 16.8. The van der Waals surface area contributed by atoms with Crippen molar-refractivity contribution in [3.8, 4) is 0 Å². The Hall–Kier alpha value is -2.48. The van der Waals surface area contributed by atoms with Crippen LogP contribution >= 0.6 is 11.6 Å². The van der Waals surface area contributed by atoms with Gasteiger partial charge in [-0.3, -0.25) is 10.1 Å². The average molecular weight is 351 g/mol. The Morgan fingerprint density at radius 1 is 1.08 bits per heavy atom. The topological polar surface area (TPSA) is 106 Å². The van der Waals surface area contributed by atoms with Crippen molar-refractivity contribution in [2.24, 2.45) is 0 Å². The number of aromatic nitrogens is 3. The molecule has 0 fully saturated rings. The molecular formula is C15H19ClN6O2. The number of rotatable bonds is 9. The third-order valence-electron chi connectivity index (χ3n) is 3.26. The molecule has 9 heteroatoms. The van der Waals surface area contributed by atoms with E-state index in [0.29, 0.717) is 11.6 Å². The fraction of sp³-hybridized carbons (Fsp3) is 0.400. The van der Waals surface area contributed by atoms with Crippen molar-refractivity contribution in [1.29, 1.82) is 0 Å². The van der Waals surface area contributed by atoms with Crippen LogP contribution in [-0.2, 0) is 0 Å². The Bertz CT molecular complexity index is 680. The van der Waals surface area contributed by atoms with E-state index in [4.69, 9.17) is 11.6 Å². The number of non-ortho nitro benzene ring substituents is 1. The number of hydrogen-bond donors (Lipinski definition) is 2. The van der Waals surface area contributed by atoms with Gasteiger partial charge in [0, 0.05) is 24.4 Å². The lowest BCUT2D eigenvalue weighted by Gasteiger charge is -2.08. The molecule has 2 rings (SSSR count). The molecule has 1 heterocycles. The Balaban J connectivity index is 1.98. The first-order chi connectivity index (χ1) is 11.6. The zero-order valence-corrected chi connectivity index (χ0v) is 14.1. The molecule has 0 aliphatic carbocycles. The van der Waals surface area contributed by atoms with Crippen LogP contribution in [0.15, 0.2) is 24.3 Å². The molecule has 2 aromatic rings. The van der Waals surface area contributed by atoms with E-state index in [1.165, 1.54) is 25.0 Å². The Kier molecular flexibility index (Phi) is 6.68. The molecule has 0 unspecified atom stereocenters. The summed E-state index contributed by atoms with van der Waals surface area (Å²) < 4.78 is 0. The lowest BCUT2D eigenvalue weighted by atomic mass is 10.2. The number of nitrogens with zero attached hydrogens (tertiary/aromatic N) is 4. The summed E-state index contributed by atoms with van der Waals surface area (Å²) >= 11 is 5.91. The second-order valence-electron chi connectivity index (χ2n) is 5.17. The standard InChI is InChI=1S/C15H19ClN6O2/c1-2-3-4-5-10-17-14-19-13(16)20-15(21-14)18-11-6-8-12(9-7-11)22(23)24/h6-9H,2-5,10H2,1H3,(H2,17,18,19,20,21). The minimum absolute atomic E-state index is 0.0173. The number of halogens is 1. The summed E-state index contributed by atoms with van der Waals surface area (Å²) in [6.45, 7) is 2.92. The highest BCUT2D eigenvalue weighted by Crippen LogP contribution is 2.19. The van der Waals surface area contributed by atoms with Crippen LogP contribution in [0, 0.1) is 10.1 Å². The molecular weight excluding hydrogens is 332 g/mol. The molecule has 0 aliphatic heterocycles. The summed E-state index contributed by atoms with van der Waals surface area (Å²) in [4.78, 5) is 22.5. The normalized spacial score (nSPS) is 10.4. The fourth-order valence-corrected chi connectivity index (χ4v) is 2.19. The monoisotopic (exact) mass is 350 g/mol. The number of benzene rings is 1. The van der Waals surface area contributed by atoms with E-state index in [2.05, 4.69) is 32.5 Å². The highest BCUT2D eigenvalue weighted by atomic mass is 35.5. The molecule has 0 atom stereocenters. The predicted octanol–water partition coefficient (Wildman–Crippen LogP) is 4.17. The van der Waals surface area contributed by atoms with E-state index in [-0.39, 0.29) is 16.9 Å². The smallest absolute Gasteiger partial charge is 0.269 e. The number of anilines is 3. The van der Waals surface area contributed by atoms with Gasteiger partial charge >= 0.3 is 0 Å². The van der Waals surface area contributed by atoms with Crippen LogP contribution < -0.4 is 10.6 Å². The second-order valence-corrected chi connectivity index (χ2v) is 5.51. The molecule has 0 amide bonds. The number of hydrogen-bond acceptors (Lipinski definition) is 7. The molecule has 128 valence electrons. The zero-order valence-electron chi connectivity index (χ0n) is 13.3. The zero-order chi connectivity index (χ0) is 17.4. The van der Waals surface area contributed by atoms with Gasteiger partial charge in [-0.2, -0.15) is 15.0 Å². The molecule has 0 bridgehead atoms. The van der Waals surface area contributed by atoms with Crippen molar-refractivity contribution < 1.29 is 4.92 Å². The van der Waals surface area contributed by atoms with Gasteiger partial charge in [0.25, 0.3) is 5.69 Å². The molecule has 0 aliphatic rings. The van der Waals surface area contributed by atoms with Crippen LogP contribution in [-0.4, -0.2) is 26.4 Å². The molecule has 8 nitrogen and oxygen atoms in total. The first kappa shape index (κ1) is 17.9. The quantitative estimate of drug-likeness (QED) is 0.397. The second kappa shape index (κ2) is 8.97. The highest BCUT2D eigenvalue weighted by molar-refractivity contribution is 6.28. The van der Waals surface area contributed by atoms with Gasteiger partial charge in [0.1, 0.15) is 0 Å². The van der Waals surface area contributed by atoms with Crippen LogP contribution in [0.25, 0.3) is 0 Å². The van der Waals surface area contributed by atoms with Crippen molar-refractivity contribution in [1.82, 2.24) is 15.0 Å². The number of nitrogens with one attached hydrogen (secondary N) is 2. The maximum Gasteiger partial charge on any atom is 0.269 e. The van der Waals surface area contributed by atoms with Crippen LogP contribution in [0.2, 0.25) is 5.28 Å². The molecule has 0 radical (unpaired) electrons. The minimum atomic E-state index is -0.454. The van der Waals surface area contributed by atoms with E-state index in [0.717, 1.165) is 19.4 Å². The van der Waals surface area contributed by atoms with Gasteiger partial charge in [-0.15, -0.1) is 0 Å². The maximum absolute atomic E-state index is 10.7. The molecule has 2 N–H and O–H groups in total. The molecule has 24 heavy (non-hydrogen) atoms. The van der Waals surface area contributed by atoms with E-state index >= 15 is 0 Å². The van der Waals surface area contributed by atoms with E-state index in [9.17, 15) is 10.1 Å². The third kappa shape index (κ3) is 5.62. The van der Waals surface area contributed by atoms with Gasteiger partial charge < -0.3 is 10.6 Å². The first-order valence-electron chi connectivity index (χ1n) is 7.75. The van der Waals surface area contributed by atoms with Crippen molar-refractivity contribution in [3.05, 3.63) is 39.7 Å². The van der Waals surface area contributed by atoms with Crippen LogP contribution in [0.3, 0.4) is 0 Å². The maximum atomic E-state index is 10.7. The summed E-state index contributed by atoms with van der Waals surface area (Å²) in [7, 11) is 0. The van der Waals surface area contributed by atoms with Crippen LogP contribution in [0.1, 0.15) is 32.6 Å². The largest absolute Gasteiger partial charge is 0.354 e. The van der Waals surface area contributed by atoms with Gasteiger partial charge in [0.2, 0.25) is 17.2 Å². The molecule has 0 saturated carbocycles. The lowest BCUT2D eigenvalue weighted by Crippen LogP contribution is -2.08. The van der Waals surface area contributed by atoms with Crippen LogP contribution in [0.4, 0.5) is 23.3 Å². The number of unbranched alkanes of at least 4 members (excludes halogenated alkanes) is 3. The van der Waals surface area contributed by atoms with Crippen molar-refractivity contribution in [2.75, 3.05) is 17.2 Å². The van der Waals surface area contributed by atoms with E-state index in [1.807, 2.05) is 0 Å². The Morgan fingerprint density at radius 3 is 2.46 bits per heavy atom. The Labute approximate surface area is 144 Å². The molecule has 0 spiro atoms. The first-order valence-corrected chi connectivity index (χ1v) is 8.13. The summed E-state index contributed by atoms with van der Waals surface area (Å²) in [6.07, 6.45) is 4.56. The van der Waals surface area contributed by atoms with Gasteiger partial charge in [0.15, 0.2) is 0 Å². The SMILES string of the molecule is CCCCCCNc1nc(Cl)nc(Nc2ccc([N+](=O)[O-])cc2)n1. The minimum Gasteiger partial charge on any atom is -0.354 e. The molecule has 1 aromatic carbocycles. The third-order valence-corrected chi connectivity index (χ3v) is 3.42. The van der Waals surface area contributed by atoms with E-state index in [1.54, 1.807) is 12.1 Å². The predicted molar refractivity (Wildman–Crippen MR) is 93.8 cm³/mol. The van der Waals surface area contributed by atoms with Crippen molar-refractivity contribution in [2.45, 2.75) is 32.6 Å². The van der Waals surface area contributed by atoms with Gasteiger partial charge in [-0.05, 0) is 30.2 Å². The van der Waals surface area contributed by atoms with Gasteiger partial charge in [-0.1, -0.05) is 26.2 Å². The van der Waals surface area contributed by atoms with Crippen molar-refractivity contribution in [3.63, 3.8) is 0 Å². The number of nitro groups is 1. The van der Waals surface area contributed by atoms with Gasteiger partial charge in [-0.25, -0.2) is 0 Å². The summed E-state index contributed by atoms with van der Waals surface area (Å²) in [5.41, 5.74) is 0.639. The fourth-order valence-electron chi connectivity index (χ4n) is 2.03. The van der Waals surface area contributed by atoms with Crippen molar-refractivity contribution >= 4 is 34.9 Å². The summed E-state index contributed by atoms with van der Waals surface area (Å²) in [6, 6.07) is 5.96. The van der Waals surface area contributed by atoms with Crippen LogP contribution in [0.5, 0.6) is 0 Å². The number of nitro benzene ring substituents is 1. The summed E-state index contributed by atoms with van der Waals surface area (Å²) in [5.74, 6) is 0.677. The van der Waals surface area contributed by atoms with Gasteiger partial charge in [0.05, 0.1) is 4.92 Å². The molecule has 0 saturated heterocycles. The average Bonchev–Trinajstić information content (AvgIpc) is 2.54. The Morgan fingerprint density at radius 2 is 1.79 bits per heavy atom. The molecule has 1 aromatic heterocycles. The highest BCUT2D eigenvalue weighted by Gasteiger charge is 2.07.